The van der Waals surface area contributed by atoms with Gasteiger partial charge in [-0.15, -0.1) is 10.2 Å². The van der Waals surface area contributed by atoms with Crippen molar-refractivity contribution in [2.24, 2.45) is 0 Å². The quantitative estimate of drug-likeness (QED) is 0.133. The van der Waals surface area contributed by atoms with Gasteiger partial charge in [-0.2, -0.15) is 5.26 Å². The van der Waals surface area contributed by atoms with E-state index in [0.29, 0.717) is 40.3 Å². The van der Waals surface area contributed by atoms with Crippen molar-refractivity contribution in [2.75, 3.05) is 32.8 Å². The Morgan fingerprint density at radius 2 is 1.81 bits per heavy atom. The van der Waals surface area contributed by atoms with Crippen molar-refractivity contribution >= 4 is 51.0 Å². The molecular formula is C25H25IN4O5S. The van der Waals surface area contributed by atoms with Crippen LogP contribution in [0.15, 0.2) is 42.0 Å². The molecule has 0 bridgehead atoms. The highest BCUT2D eigenvalue weighted by Gasteiger charge is 2.16. The standard InChI is InChI=1S/C25H25IN4O5S/c1-15(2)24-29-30-25(36-24)28-23(31)17(14-27)11-16-12-18(26)22(21(13-16)33-4)35-10-9-34-20-8-6-5-7-19(20)32-3/h5-8,11-13,15H,9-10H2,1-4H3,(H,28,30,31)/b17-11-. The van der Waals surface area contributed by atoms with Crippen LogP contribution in [0.2, 0.25) is 0 Å². The fourth-order valence-corrected chi connectivity index (χ4v) is 4.52. The molecule has 0 fully saturated rings. The van der Waals surface area contributed by atoms with Crippen LogP contribution in [0.1, 0.15) is 30.3 Å². The van der Waals surface area contributed by atoms with Crippen molar-refractivity contribution in [2.45, 2.75) is 19.8 Å². The molecule has 11 heteroatoms. The lowest BCUT2D eigenvalue weighted by molar-refractivity contribution is -0.112. The van der Waals surface area contributed by atoms with Crippen molar-refractivity contribution in [1.82, 2.24) is 10.2 Å². The summed E-state index contributed by atoms with van der Waals surface area (Å²) in [7, 11) is 3.11. The summed E-state index contributed by atoms with van der Waals surface area (Å²) in [6, 6.07) is 12.8. The number of aromatic nitrogens is 2. The number of carbonyl (C=O) groups excluding carboxylic acids is 1. The summed E-state index contributed by atoms with van der Waals surface area (Å²) in [5, 5.41) is 21.3. The van der Waals surface area contributed by atoms with Gasteiger partial charge in [0, 0.05) is 5.92 Å². The van der Waals surface area contributed by atoms with Gasteiger partial charge >= 0.3 is 0 Å². The molecule has 36 heavy (non-hydrogen) atoms. The van der Waals surface area contributed by atoms with Crippen LogP contribution in [0.3, 0.4) is 0 Å². The largest absolute Gasteiger partial charge is 0.493 e. The van der Waals surface area contributed by atoms with Gasteiger partial charge in [-0.1, -0.05) is 37.3 Å². The number of benzene rings is 2. The minimum absolute atomic E-state index is 0.0759. The van der Waals surface area contributed by atoms with Crippen LogP contribution in [-0.4, -0.2) is 43.5 Å². The summed E-state index contributed by atoms with van der Waals surface area (Å²) < 4.78 is 23.2. The molecule has 0 atom stereocenters. The van der Waals surface area contributed by atoms with Gasteiger partial charge in [0.2, 0.25) is 5.13 Å². The molecule has 1 heterocycles. The number of amides is 1. The number of nitriles is 1. The molecule has 3 rings (SSSR count). The van der Waals surface area contributed by atoms with E-state index in [0.717, 1.165) is 8.58 Å². The normalized spacial score (nSPS) is 11.1. The summed E-state index contributed by atoms with van der Waals surface area (Å²) >= 11 is 3.40. The first-order valence-corrected chi connectivity index (χ1v) is 12.8. The summed E-state index contributed by atoms with van der Waals surface area (Å²) in [6.07, 6.45) is 1.49. The van der Waals surface area contributed by atoms with Crippen LogP contribution in [0, 0.1) is 14.9 Å². The molecule has 1 aromatic heterocycles. The predicted octanol–water partition coefficient (Wildman–Crippen LogP) is 5.29. The molecule has 188 valence electrons. The van der Waals surface area contributed by atoms with E-state index < -0.39 is 5.91 Å². The second kappa shape index (κ2) is 13.1. The second-order valence-corrected chi connectivity index (χ2v) is 9.78. The molecule has 3 aromatic rings. The van der Waals surface area contributed by atoms with E-state index >= 15 is 0 Å². The highest BCUT2D eigenvalue weighted by atomic mass is 127. The van der Waals surface area contributed by atoms with E-state index in [9.17, 15) is 10.1 Å². The average molecular weight is 620 g/mol. The van der Waals surface area contributed by atoms with Crippen LogP contribution in [0.4, 0.5) is 5.13 Å². The van der Waals surface area contributed by atoms with Crippen molar-refractivity contribution in [1.29, 1.82) is 5.26 Å². The minimum Gasteiger partial charge on any atom is -0.493 e. The molecular weight excluding hydrogens is 595 g/mol. The van der Waals surface area contributed by atoms with Gasteiger partial charge in [0.25, 0.3) is 5.91 Å². The lowest BCUT2D eigenvalue weighted by Gasteiger charge is -2.15. The van der Waals surface area contributed by atoms with E-state index in [1.54, 1.807) is 19.2 Å². The van der Waals surface area contributed by atoms with E-state index in [-0.39, 0.29) is 18.1 Å². The van der Waals surface area contributed by atoms with Crippen LogP contribution < -0.4 is 24.3 Å². The maximum atomic E-state index is 12.6. The topological polar surface area (TPSA) is 116 Å². The number of carbonyl (C=O) groups is 1. The number of nitrogens with one attached hydrogen (secondary N) is 1. The lowest BCUT2D eigenvalue weighted by Crippen LogP contribution is -2.13. The van der Waals surface area contributed by atoms with Crippen molar-refractivity contribution < 1.29 is 23.7 Å². The molecule has 0 aliphatic carbocycles. The zero-order valence-corrected chi connectivity index (χ0v) is 23.2. The van der Waals surface area contributed by atoms with Gasteiger partial charge in [0.15, 0.2) is 23.0 Å². The Hall–Kier alpha value is -3.37. The molecule has 0 saturated heterocycles. The number of para-hydroxylation sites is 2. The fourth-order valence-electron chi connectivity index (χ4n) is 2.99. The third kappa shape index (κ3) is 7.08. The van der Waals surface area contributed by atoms with Gasteiger partial charge in [-0.3, -0.25) is 10.1 Å². The Labute approximate surface area is 227 Å². The van der Waals surface area contributed by atoms with Crippen LogP contribution in [-0.2, 0) is 4.79 Å². The van der Waals surface area contributed by atoms with Gasteiger partial charge in [-0.25, -0.2) is 0 Å². The van der Waals surface area contributed by atoms with Gasteiger partial charge in [-0.05, 0) is 58.5 Å². The van der Waals surface area contributed by atoms with Gasteiger partial charge in [0.05, 0.1) is 17.8 Å². The van der Waals surface area contributed by atoms with E-state index in [4.69, 9.17) is 18.9 Å². The van der Waals surface area contributed by atoms with Crippen molar-refractivity contribution in [3.63, 3.8) is 0 Å². The maximum absolute atomic E-state index is 12.6. The molecule has 1 amide bonds. The summed E-state index contributed by atoms with van der Waals surface area (Å²) in [6.45, 7) is 4.54. The lowest BCUT2D eigenvalue weighted by atomic mass is 10.1. The Bertz CT molecular complexity index is 1290. The summed E-state index contributed by atoms with van der Waals surface area (Å²) in [4.78, 5) is 12.6. The van der Waals surface area contributed by atoms with Crippen LogP contribution in [0.25, 0.3) is 6.08 Å². The number of anilines is 1. The summed E-state index contributed by atoms with van der Waals surface area (Å²) in [5.41, 5.74) is 0.536. The van der Waals surface area contributed by atoms with Gasteiger partial charge < -0.3 is 18.9 Å². The number of nitrogens with zero attached hydrogens (tertiary/aromatic N) is 3. The van der Waals surface area contributed by atoms with E-state index in [1.165, 1.54) is 24.5 Å². The van der Waals surface area contributed by atoms with E-state index in [1.807, 2.05) is 44.2 Å². The predicted molar refractivity (Wildman–Crippen MR) is 146 cm³/mol. The number of halogens is 1. The Balaban J connectivity index is 1.69. The van der Waals surface area contributed by atoms with Gasteiger partial charge in [0.1, 0.15) is 29.9 Å². The first-order chi connectivity index (χ1) is 17.4. The number of hydrogen-bond acceptors (Lipinski definition) is 9. The van der Waals surface area contributed by atoms with Crippen molar-refractivity contribution in [3.8, 4) is 29.1 Å². The Kier molecular flexibility index (Phi) is 9.89. The highest BCUT2D eigenvalue weighted by molar-refractivity contribution is 14.1. The zero-order chi connectivity index (χ0) is 26.1. The number of ether oxygens (including phenoxy) is 4. The highest BCUT2D eigenvalue weighted by Crippen LogP contribution is 2.35. The molecule has 9 nitrogen and oxygen atoms in total. The molecule has 0 saturated carbocycles. The molecule has 0 radical (unpaired) electrons. The Morgan fingerprint density at radius 3 is 2.44 bits per heavy atom. The van der Waals surface area contributed by atoms with Crippen LogP contribution >= 0.6 is 33.9 Å². The molecule has 2 aromatic carbocycles. The number of rotatable bonds is 11. The molecule has 0 unspecified atom stereocenters. The fraction of sp³-hybridized carbons (Fsp3) is 0.280. The first-order valence-electron chi connectivity index (χ1n) is 10.9. The smallest absolute Gasteiger partial charge is 0.268 e. The number of methoxy groups -OCH3 is 2. The molecule has 0 aliphatic rings. The average Bonchev–Trinajstić information content (AvgIpc) is 3.34. The number of hydrogen-bond donors (Lipinski definition) is 1. The molecule has 0 aliphatic heterocycles. The third-order valence-corrected chi connectivity index (χ3v) is 6.68. The Morgan fingerprint density at radius 1 is 1.11 bits per heavy atom. The second-order valence-electron chi connectivity index (χ2n) is 7.61. The summed E-state index contributed by atoms with van der Waals surface area (Å²) in [5.74, 6) is 1.91. The third-order valence-electron chi connectivity index (χ3n) is 4.74. The van der Waals surface area contributed by atoms with Crippen LogP contribution in [0.5, 0.6) is 23.0 Å². The molecule has 0 spiro atoms. The first kappa shape index (κ1) is 27.2. The van der Waals surface area contributed by atoms with Crippen molar-refractivity contribution in [3.05, 3.63) is 56.1 Å². The SMILES string of the molecule is COc1ccccc1OCCOc1c(I)cc(/C=C(/C#N)C(=O)Nc2nnc(C(C)C)s2)cc1OC. The molecule has 1 N–H and O–H groups in total. The zero-order valence-electron chi connectivity index (χ0n) is 20.2. The minimum atomic E-state index is -0.563. The maximum Gasteiger partial charge on any atom is 0.268 e. The van der Waals surface area contributed by atoms with E-state index in [2.05, 4.69) is 38.1 Å². The monoisotopic (exact) mass is 620 g/mol.